The monoisotopic (exact) mass is 299 g/mol. The fourth-order valence-electron chi connectivity index (χ4n) is 2.20. The molecule has 0 bridgehead atoms. The van der Waals surface area contributed by atoms with Crippen molar-refractivity contribution in [1.82, 2.24) is 0 Å². The summed E-state index contributed by atoms with van der Waals surface area (Å²) in [7, 11) is -1.35. The van der Waals surface area contributed by atoms with Crippen LogP contribution in [0.1, 0.15) is 38.0 Å². The lowest BCUT2D eigenvalue weighted by molar-refractivity contribution is 0.545. The van der Waals surface area contributed by atoms with Crippen LogP contribution in [0.25, 0.3) is 10.1 Å². The van der Waals surface area contributed by atoms with Crippen LogP contribution in [0.4, 0.5) is 4.39 Å². The van der Waals surface area contributed by atoms with Crippen LogP contribution >= 0.6 is 11.3 Å². The van der Waals surface area contributed by atoms with E-state index in [4.69, 9.17) is 5.14 Å². The zero-order valence-electron chi connectivity index (χ0n) is 11.3. The molecule has 0 amide bonds. The lowest BCUT2D eigenvalue weighted by Gasteiger charge is -2.24. The molecule has 0 fully saturated rings. The fourth-order valence-corrected chi connectivity index (χ4v) is 3.71. The van der Waals surface area contributed by atoms with Crippen molar-refractivity contribution >= 4 is 32.4 Å². The third-order valence-corrected chi connectivity index (χ3v) is 5.93. The average Bonchev–Trinajstić information content (AvgIpc) is 2.71. The van der Waals surface area contributed by atoms with E-state index in [0.717, 1.165) is 16.5 Å². The second kappa shape index (κ2) is 5.31. The lowest BCUT2D eigenvalue weighted by Crippen LogP contribution is -2.33. The molecule has 2 rings (SSSR count). The van der Waals surface area contributed by atoms with Gasteiger partial charge in [0.05, 0.1) is 15.7 Å². The molecule has 2 atom stereocenters. The number of fused-ring (bicyclic) bond motifs is 1. The molecule has 1 aromatic heterocycles. The molecular formula is C14H18FNOS2. The molecule has 19 heavy (non-hydrogen) atoms. The van der Waals surface area contributed by atoms with Crippen LogP contribution in [0.3, 0.4) is 0 Å². The molecular weight excluding hydrogens is 281 g/mol. The summed E-state index contributed by atoms with van der Waals surface area (Å²) >= 11 is 1.66. The Morgan fingerprint density at radius 1 is 1.42 bits per heavy atom. The molecule has 2 aromatic rings. The van der Waals surface area contributed by atoms with E-state index in [9.17, 15) is 8.60 Å². The summed E-state index contributed by atoms with van der Waals surface area (Å²) in [4.78, 5) is 1.18. The first kappa shape index (κ1) is 14.6. The van der Waals surface area contributed by atoms with Crippen molar-refractivity contribution in [3.05, 3.63) is 35.0 Å². The molecule has 0 saturated carbocycles. The van der Waals surface area contributed by atoms with Gasteiger partial charge in [-0.15, -0.1) is 11.3 Å². The van der Waals surface area contributed by atoms with E-state index in [0.29, 0.717) is 0 Å². The van der Waals surface area contributed by atoms with Crippen molar-refractivity contribution in [2.45, 2.75) is 37.9 Å². The number of thiophene rings is 1. The van der Waals surface area contributed by atoms with Crippen LogP contribution in [0.15, 0.2) is 24.3 Å². The van der Waals surface area contributed by atoms with Crippen LogP contribution in [0.5, 0.6) is 0 Å². The third-order valence-electron chi connectivity index (χ3n) is 3.33. The molecule has 0 spiro atoms. The molecule has 0 aliphatic heterocycles. The highest BCUT2D eigenvalue weighted by atomic mass is 32.2. The van der Waals surface area contributed by atoms with Gasteiger partial charge in [-0.3, -0.25) is 5.14 Å². The molecule has 104 valence electrons. The number of benzene rings is 1. The summed E-state index contributed by atoms with van der Waals surface area (Å²) in [5.41, 5.74) is 0. The average molecular weight is 299 g/mol. The molecule has 2 N–H and O–H groups in total. The maximum Gasteiger partial charge on any atom is 0.123 e. The normalized spacial score (nSPS) is 15.6. The molecule has 1 heterocycles. The number of halogens is 1. The molecule has 0 radical (unpaired) electrons. The van der Waals surface area contributed by atoms with Gasteiger partial charge in [-0.25, -0.2) is 8.60 Å². The second-order valence-electron chi connectivity index (χ2n) is 5.49. The SMILES string of the molecule is C[C@H](CC(C)(C)S(N)=O)c1cc2cc(F)ccc2s1. The van der Waals surface area contributed by atoms with Crippen LogP contribution in [0, 0.1) is 5.82 Å². The van der Waals surface area contributed by atoms with E-state index in [1.54, 1.807) is 23.5 Å². The van der Waals surface area contributed by atoms with E-state index < -0.39 is 15.7 Å². The molecule has 0 aliphatic carbocycles. The Hall–Kier alpha value is -0.780. The van der Waals surface area contributed by atoms with Gasteiger partial charge in [0.2, 0.25) is 0 Å². The first-order valence-electron chi connectivity index (χ1n) is 6.15. The van der Waals surface area contributed by atoms with E-state index >= 15 is 0 Å². The third kappa shape index (κ3) is 3.22. The highest BCUT2D eigenvalue weighted by molar-refractivity contribution is 7.84. The number of hydrogen-bond acceptors (Lipinski definition) is 2. The molecule has 1 aromatic carbocycles. The van der Waals surface area contributed by atoms with E-state index in [-0.39, 0.29) is 11.7 Å². The summed E-state index contributed by atoms with van der Waals surface area (Å²) < 4.78 is 25.3. The van der Waals surface area contributed by atoms with Crippen LogP contribution in [-0.2, 0) is 11.0 Å². The Balaban J connectivity index is 2.26. The zero-order chi connectivity index (χ0) is 14.2. The van der Waals surface area contributed by atoms with E-state index in [1.165, 1.54) is 10.9 Å². The minimum absolute atomic E-state index is 0.215. The standard InChI is InChI=1S/C14H18FNOS2/c1-9(8-14(2,3)19(16)17)13-7-10-6-11(15)4-5-12(10)18-13/h4-7,9H,8,16H2,1-3H3/t9-,19?/m1/s1. The highest BCUT2D eigenvalue weighted by Crippen LogP contribution is 2.35. The summed E-state index contributed by atoms with van der Waals surface area (Å²) in [6, 6.07) is 6.85. The Labute approximate surface area is 119 Å². The topological polar surface area (TPSA) is 43.1 Å². The second-order valence-corrected chi connectivity index (χ2v) is 8.31. The van der Waals surface area contributed by atoms with Crippen LogP contribution in [0.2, 0.25) is 0 Å². The predicted octanol–water partition coefficient (Wildman–Crippen LogP) is 3.94. The van der Waals surface area contributed by atoms with Crippen LogP contribution in [-0.4, -0.2) is 8.96 Å². The van der Waals surface area contributed by atoms with Gasteiger partial charge < -0.3 is 0 Å². The predicted molar refractivity (Wildman–Crippen MR) is 81.2 cm³/mol. The zero-order valence-corrected chi connectivity index (χ0v) is 12.9. The van der Waals surface area contributed by atoms with E-state index in [1.807, 2.05) is 19.9 Å². The number of hydrogen-bond donors (Lipinski definition) is 1. The number of rotatable bonds is 4. The molecule has 2 nitrogen and oxygen atoms in total. The molecule has 0 saturated heterocycles. The van der Waals surface area contributed by atoms with Gasteiger partial charge >= 0.3 is 0 Å². The van der Waals surface area contributed by atoms with Crippen molar-refractivity contribution in [1.29, 1.82) is 0 Å². The minimum Gasteiger partial charge on any atom is -0.251 e. The summed E-state index contributed by atoms with van der Waals surface area (Å²) in [5, 5.41) is 6.45. The number of nitrogens with two attached hydrogens (primary N) is 1. The van der Waals surface area contributed by atoms with Crippen molar-refractivity contribution in [3.8, 4) is 0 Å². The summed E-state index contributed by atoms with van der Waals surface area (Å²) in [5.74, 6) is 0.0378. The first-order chi connectivity index (χ1) is 8.79. The van der Waals surface area contributed by atoms with Crippen molar-refractivity contribution < 1.29 is 8.60 Å². The van der Waals surface area contributed by atoms with Crippen molar-refractivity contribution in [3.63, 3.8) is 0 Å². The van der Waals surface area contributed by atoms with Gasteiger partial charge in [-0.1, -0.05) is 6.92 Å². The Morgan fingerprint density at radius 2 is 2.11 bits per heavy atom. The molecule has 5 heteroatoms. The minimum atomic E-state index is -1.35. The van der Waals surface area contributed by atoms with Crippen LogP contribution < -0.4 is 5.14 Å². The van der Waals surface area contributed by atoms with Gasteiger partial charge in [0.25, 0.3) is 0 Å². The van der Waals surface area contributed by atoms with Gasteiger partial charge in [-0.05, 0) is 55.8 Å². The first-order valence-corrected chi connectivity index (χ1v) is 8.18. The summed E-state index contributed by atoms with van der Waals surface area (Å²) in [6.45, 7) is 5.91. The molecule has 1 unspecified atom stereocenters. The fraction of sp³-hybridized carbons (Fsp3) is 0.429. The van der Waals surface area contributed by atoms with Gasteiger partial charge in [0.15, 0.2) is 0 Å². The smallest absolute Gasteiger partial charge is 0.123 e. The van der Waals surface area contributed by atoms with Gasteiger partial charge in [-0.2, -0.15) is 0 Å². The quantitative estimate of drug-likeness (QED) is 0.913. The maximum absolute atomic E-state index is 13.2. The van der Waals surface area contributed by atoms with Gasteiger partial charge in [0, 0.05) is 9.58 Å². The largest absolute Gasteiger partial charge is 0.251 e. The highest BCUT2D eigenvalue weighted by Gasteiger charge is 2.27. The van der Waals surface area contributed by atoms with Crippen molar-refractivity contribution in [2.75, 3.05) is 0 Å². The Morgan fingerprint density at radius 3 is 2.74 bits per heavy atom. The van der Waals surface area contributed by atoms with E-state index in [2.05, 4.69) is 6.92 Å². The van der Waals surface area contributed by atoms with Gasteiger partial charge in [0.1, 0.15) is 5.82 Å². The molecule has 0 aliphatic rings. The summed E-state index contributed by atoms with van der Waals surface area (Å²) in [6.07, 6.45) is 0.741. The maximum atomic E-state index is 13.2. The Bertz CT molecular complexity index is 621. The lowest BCUT2D eigenvalue weighted by atomic mass is 9.96. The van der Waals surface area contributed by atoms with Crippen molar-refractivity contribution in [2.24, 2.45) is 5.14 Å². The Kier molecular flexibility index (Phi) is 4.08.